The molecule has 0 aliphatic heterocycles. The van der Waals surface area contributed by atoms with Gasteiger partial charge in [0.2, 0.25) is 0 Å². The van der Waals surface area contributed by atoms with Crippen LogP contribution in [0, 0.1) is 11.3 Å². The number of para-hydroxylation sites is 1. The summed E-state index contributed by atoms with van der Waals surface area (Å²) in [6, 6.07) is 31.8. The Morgan fingerprint density at radius 1 is 0.862 bits per heavy atom. The molecule has 0 aliphatic rings. The molecule has 0 atom stereocenters. The van der Waals surface area contributed by atoms with Gasteiger partial charge in [-0.2, -0.15) is 5.26 Å². The second kappa shape index (κ2) is 8.65. The molecular formula is C26H18ClNO. The summed E-state index contributed by atoms with van der Waals surface area (Å²) in [4.78, 5) is 0. The quantitative estimate of drug-likeness (QED) is 0.266. The van der Waals surface area contributed by atoms with Gasteiger partial charge in [0.15, 0.2) is 0 Å². The molecule has 4 aromatic rings. The molecule has 0 heterocycles. The van der Waals surface area contributed by atoms with Gasteiger partial charge in [-0.1, -0.05) is 90.5 Å². The fourth-order valence-electron chi connectivity index (χ4n) is 3.31. The number of nitriles is 1. The van der Waals surface area contributed by atoms with Crippen LogP contribution >= 0.6 is 11.6 Å². The number of ether oxygens (including phenoxy) is 1. The maximum Gasteiger partial charge on any atom is 0.127 e. The van der Waals surface area contributed by atoms with Crippen molar-refractivity contribution < 1.29 is 4.74 Å². The second-order valence-corrected chi connectivity index (χ2v) is 7.02. The van der Waals surface area contributed by atoms with Gasteiger partial charge in [0, 0.05) is 16.1 Å². The van der Waals surface area contributed by atoms with Crippen LogP contribution in [-0.4, -0.2) is 0 Å². The highest BCUT2D eigenvalue weighted by atomic mass is 35.5. The van der Waals surface area contributed by atoms with Gasteiger partial charge >= 0.3 is 0 Å². The molecule has 0 amide bonds. The van der Waals surface area contributed by atoms with Crippen molar-refractivity contribution in [3.05, 3.63) is 113 Å². The van der Waals surface area contributed by atoms with Crippen molar-refractivity contribution in [2.45, 2.75) is 6.61 Å². The van der Waals surface area contributed by atoms with Gasteiger partial charge < -0.3 is 4.74 Å². The third-order valence-corrected chi connectivity index (χ3v) is 5.10. The number of fused-ring (bicyclic) bond motifs is 1. The lowest BCUT2D eigenvalue weighted by molar-refractivity contribution is 0.307. The molecule has 3 heteroatoms. The molecule has 29 heavy (non-hydrogen) atoms. The lowest BCUT2D eigenvalue weighted by Crippen LogP contribution is -1.98. The van der Waals surface area contributed by atoms with Crippen LogP contribution in [0.1, 0.15) is 16.7 Å². The molecule has 0 aliphatic carbocycles. The molecule has 0 bridgehead atoms. The Hall–Kier alpha value is -3.54. The van der Waals surface area contributed by atoms with E-state index in [-0.39, 0.29) is 0 Å². The summed E-state index contributed by atoms with van der Waals surface area (Å²) < 4.78 is 6.16. The first-order valence-electron chi connectivity index (χ1n) is 9.31. The number of nitrogens with zero attached hydrogens (tertiary/aromatic N) is 1. The molecule has 140 valence electrons. The minimum absolute atomic E-state index is 0.445. The zero-order chi connectivity index (χ0) is 20.1. The average Bonchev–Trinajstić information content (AvgIpc) is 2.77. The van der Waals surface area contributed by atoms with E-state index in [0.717, 1.165) is 16.9 Å². The van der Waals surface area contributed by atoms with Crippen LogP contribution in [0.3, 0.4) is 0 Å². The fraction of sp³-hybridized carbons (Fsp3) is 0.0385. The van der Waals surface area contributed by atoms with Crippen LogP contribution in [-0.2, 0) is 6.61 Å². The van der Waals surface area contributed by atoms with Crippen molar-refractivity contribution in [1.82, 2.24) is 0 Å². The third kappa shape index (κ3) is 4.16. The molecule has 4 aromatic carbocycles. The van der Waals surface area contributed by atoms with Crippen LogP contribution in [0.15, 0.2) is 91.0 Å². The minimum Gasteiger partial charge on any atom is -0.488 e. The van der Waals surface area contributed by atoms with Crippen molar-refractivity contribution in [3.8, 4) is 11.8 Å². The molecule has 0 radical (unpaired) electrons. The average molecular weight is 396 g/mol. The first-order chi connectivity index (χ1) is 14.3. The van der Waals surface area contributed by atoms with E-state index in [1.54, 1.807) is 6.07 Å². The first-order valence-corrected chi connectivity index (χ1v) is 9.69. The van der Waals surface area contributed by atoms with Crippen molar-refractivity contribution in [1.29, 1.82) is 5.26 Å². The fourth-order valence-corrected chi connectivity index (χ4v) is 3.55. The molecule has 4 rings (SSSR count). The normalized spacial score (nSPS) is 11.2. The Morgan fingerprint density at radius 3 is 2.45 bits per heavy atom. The van der Waals surface area contributed by atoms with Gasteiger partial charge in [0.1, 0.15) is 12.4 Å². The molecule has 0 saturated heterocycles. The SMILES string of the molecule is N#CC(=Cc1ccccc1OCc1cccc2ccccc12)c1ccccc1Cl. The largest absolute Gasteiger partial charge is 0.488 e. The van der Waals surface area contributed by atoms with Crippen molar-refractivity contribution in [2.75, 3.05) is 0 Å². The number of rotatable bonds is 5. The molecule has 0 saturated carbocycles. The molecule has 0 N–H and O–H groups in total. The summed E-state index contributed by atoms with van der Waals surface area (Å²) in [6.07, 6.45) is 1.82. The lowest BCUT2D eigenvalue weighted by atomic mass is 10.0. The molecule has 0 spiro atoms. The number of halogens is 1. The van der Waals surface area contributed by atoms with E-state index in [9.17, 15) is 5.26 Å². The Kier molecular flexibility index (Phi) is 5.61. The van der Waals surface area contributed by atoms with Crippen LogP contribution in [0.2, 0.25) is 5.02 Å². The van der Waals surface area contributed by atoms with Gasteiger partial charge in [0.25, 0.3) is 0 Å². The van der Waals surface area contributed by atoms with Crippen molar-refractivity contribution in [2.24, 2.45) is 0 Å². The Morgan fingerprint density at radius 2 is 1.59 bits per heavy atom. The summed E-state index contributed by atoms with van der Waals surface area (Å²) in [5.41, 5.74) is 3.16. The van der Waals surface area contributed by atoms with Crippen molar-refractivity contribution in [3.63, 3.8) is 0 Å². The highest BCUT2D eigenvalue weighted by Crippen LogP contribution is 2.29. The number of allylic oxidation sites excluding steroid dienone is 1. The monoisotopic (exact) mass is 395 g/mol. The summed E-state index contributed by atoms with van der Waals surface area (Å²) in [5, 5.41) is 12.6. The van der Waals surface area contributed by atoms with Crippen molar-refractivity contribution >= 4 is 34.0 Å². The second-order valence-electron chi connectivity index (χ2n) is 6.61. The van der Waals surface area contributed by atoms with E-state index in [4.69, 9.17) is 16.3 Å². The van der Waals surface area contributed by atoms with Gasteiger partial charge in [-0.15, -0.1) is 0 Å². The van der Waals surface area contributed by atoms with E-state index in [1.165, 1.54) is 10.8 Å². The lowest BCUT2D eigenvalue weighted by Gasteiger charge is -2.12. The summed E-state index contributed by atoms with van der Waals surface area (Å²) in [7, 11) is 0. The van der Waals surface area contributed by atoms with E-state index in [1.807, 2.05) is 66.7 Å². The molecular weight excluding hydrogens is 378 g/mol. The van der Waals surface area contributed by atoms with E-state index >= 15 is 0 Å². The number of benzene rings is 4. The van der Waals surface area contributed by atoms with Gasteiger partial charge in [-0.05, 0) is 34.5 Å². The Balaban J connectivity index is 1.65. The van der Waals surface area contributed by atoms with Crippen LogP contribution < -0.4 is 4.74 Å². The number of hydrogen-bond donors (Lipinski definition) is 0. The highest BCUT2D eigenvalue weighted by Gasteiger charge is 2.09. The maximum absolute atomic E-state index is 9.66. The standard InChI is InChI=1S/C26H18ClNO/c27-25-14-5-4-13-24(25)22(17-28)16-20-9-2-6-15-26(20)29-18-21-11-7-10-19-8-1-3-12-23(19)21/h1-16H,18H2. The summed E-state index contributed by atoms with van der Waals surface area (Å²) in [5.74, 6) is 0.722. The molecule has 2 nitrogen and oxygen atoms in total. The maximum atomic E-state index is 9.66. The smallest absolute Gasteiger partial charge is 0.127 e. The zero-order valence-electron chi connectivity index (χ0n) is 15.7. The molecule has 0 unspecified atom stereocenters. The molecule has 0 aromatic heterocycles. The van der Waals surface area contributed by atoms with Crippen LogP contribution in [0.4, 0.5) is 0 Å². The Bertz CT molecular complexity index is 1230. The first kappa shape index (κ1) is 18.8. The third-order valence-electron chi connectivity index (χ3n) is 4.77. The number of hydrogen-bond acceptors (Lipinski definition) is 2. The topological polar surface area (TPSA) is 33.0 Å². The van der Waals surface area contributed by atoms with Gasteiger partial charge in [-0.25, -0.2) is 0 Å². The van der Waals surface area contributed by atoms with E-state index in [0.29, 0.717) is 22.8 Å². The Labute approximate surface area is 175 Å². The minimum atomic E-state index is 0.445. The zero-order valence-corrected chi connectivity index (χ0v) is 16.4. The summed E-state index contributed by atoms with van der Waals surface area (Å²) in [6.45, 7) is 0.445. The highest BCUT2D eigenvalue weighted by molar-refractivity contribution is 6.32. The molecule has 0 fully saturated rings. The van der Waals surface area contributed by atoms with Crippen LogP contribution in [0.25, 0.3) is 22.4 Å². The van der Waals surface area contributed by atoms with Gasteiger partial charge in [0.05, 0.1) is 11.6 Å². The van der Waals surface area contributed by atoms with Gasteiger partial charge in [-0.3, -0.25) is 0 Å². The van der Waals surface area contributed by atoms with E-state index in [2.05, 4.69) is 30.3 Å². The summed E-state index contributed by atoms with van der Waals surface area (Å²) >= 11 is 6.28. The van der Waals surface area contributed by atoms with E-state index < -0.39 is 0 Å². The predicted molar refractivity (Wildman–Crippen MR) is 120 cm³/mol. The predicted octanol–water partition coefficient (Wildman–Crippen LogP) is 7.14. The van der Waals surface area contributed by atoms with Crippen LogP contribution in [0.5, 0.6) is 5.75 Å².